The Balaban J connectivity index is 0.000000190. The van der Waals surface area contributed by atoms with Gasteiger partial charge in [0.2, 0.25) is 0 Å². The first-order valence-electron chi connectivity index (χ1n) is 12.4. The van der Waals surface area contributed by atoms with Gasteiger partial charge in [0.25, 0.3) is 0 Å². The minimum absolute atomic E-state index is 0.566. The van der Waals surface area contributed by atoms with Gasteiger partial charge in [0.1, 0.15) is 5.75 Å². The molecule has 1 aliphatic heterocycles. The van der Waals surface area contributed by atoms with Crippen LogP contribution in [0.4, 0.5) is 0 Å². The maximum absolute atomic E-state index is 5.18. The van der Waals surface area contributed by atoms with E-state index >= 15 is 0 Å². The zero-order valence-electron chi connectivity index (χ0n) is 20.7. The van der Waals surface area contributed by atoms with Crippen LogP contribution in [0.25, 0.3) is 0 Å². The van der Waals surface area contributed by atoms with Crippen LogP contribution in [-0.2, 0) is 22.3 Å². The minimum atomic E-state index is 0.566. The van der Waals surface area contributed by atoms with Gasteiger partial charge < -0.3 is 25.7 Å². The Hall–Kier alpha value is -1.61. The fourth-order valence-electron chi connectivity index (χ4n) is 4.15. The first-order valence-corrected chi connectivity index (χ1v) is 12.8. The Morgan fingerprint density at radius 1 is 0.794 bits per heavy atom. The molecule has 7 heteroatoms. The van der Waals surface area contributed by atoms with Crippen molar-refractivity contribution >= 4 is 12.6 Å². The van der Waals surface area contributed by atoms with E-state index < -0.39 is 0 Å². The number of likely N-dealkylation sites (tertiary alicyclic amines) is 1. The molecule has 2 aromatic rings. The summed E-state index contributed by atoms with van der Waals surface area (Å²) in [5.41, 5.74) is 13.5. The summed E-state index contributed by atoms with van der Waals surface area (Å²) in [7, 11) is 1.65. The minimum Gasteiger partial charge on any atom is -0.497 e. The maximum atomic E-state index is 5.18. The molecule has 4 N–H and O–H groups in total. The zero-order valence-corrected chi connectivity index (χ0v) is 21.6. The maximum Gasteiger partial charge on any atom is 0.118 e. The molecule has 0 bridgehead atoms. The summed E-state index contributed by atoms with van der Waals surface area (Å²) in [6.07, 6.45) is 6.84. The fourth-order valence-corrected chi connectivity index (χ4v) is 4.30. The van der Waals surface area contributed by atoms with Crippen LogP contribution in [0.2, 0.25) is 0 Å². The number of piperidine rings is 1. The van der Waals surface area contributed by atoms with Crippen molar-refractivity contribution < 1.29 is 14.2 Å². The Labute approximate surface area is 211 Å². The molecule has 0 amide bonds. The van der Waals surface area contributed by atoms with Gasteiger partial charge in [0, 0.05) is 24.0 Å². The summed E-state index contributed by atoms with van der Waals surface area (Å²) in [4.78, 5) is 3.67. The van der Waals surface area contributed by atoms with Gasteiger partial charge in [-0.05, 0) is 74.2 Å². The predicted molar refractivity (Wildman–Crippen MR) is 143 cm³/mol. The van der Waals surface area contributed by atoms with E-state index in [1.807, 2.05) is 24.3 Å². The van der Waals surface area contributed by atoms with Crippen LogP contribution in [0.15, 0.2) is 53.4 Å². The lowest BCUT2D eigenvalue weighted by Gasteiger charge is -2.32. The van der Waals surface area contributed by atoms with Gasteiger partial charge in [-0.2, -0.15) is 0 Å². The first-order chi connectivity index (χ1) is 16.7. The molecular weight excluding hydrogens is 446 g/mol. The molecule has 2 aromatic carbocycles. The molecule has 0 atom stereocenters. The lowest BCUT2D eigenvalue weighted by atomic mass is 10.1. The van der Waals surface area contributed by atoms with E-state index in [1.54, 1.807) is 18.2 Å². The molecule has 0 unspecified atom stereocenters. The highest BCUT2D eigenvalue weighted by Crippen LogP contribution is 2.27. The molecular formula is C27H43N3O3S. The average Bonchev–Trinajstić information content (AvgIpc) is 3.33. The lowest BCUT2D eigenvalue weighted by molar-refractivity contribution is 0.0538. The van der Waals surface area contributed by atoms with Crippen LogP contribution >= 0.6 is 12.6 Å². The van der Waals surface area contributed by atoms with Crippen molar-refractivity contribution in [1.29, 1.82) is 0 Å². The highest BCUT2D eigenvalue weighted by atomic mass is 32.1. The van der Waals surface area contributed by atoms with Gasteiger partial charge >= 0.3 is 0 Å². The number of ether oxygens (including phenoxy) is 3. The van der Waals surface area contributed by atoms with Crippen molar-refractivity contribution in [2.24, 2.45) is 11.5 Å². The Morgan fingerprint density at radius 2 is 1.32 bits per heavy atom. The standard InChI is InChI=1S/C14H19N.C7H8OS.C6H16N2O2/c1-4-8-15(9-5-1)14-10-12-6-2-3-7-13(12)11-14;1-8-6-2-4-7(9)5-3-6;7-1-3-9-5-6-10-4-2-8/h2-3,6-7,14H,1,4-5,8-11H2;2-5,9H,1H3;1-8H2. The Morgan fingerprint density at radius 3 is 1.79 bits per heavy atom. The molecule has 0 spiro atoms. The van der Waals surface area contributed by atoms with Crippen LogP contribution < -0.4 is 16.2 Å². The number of thiol groups is 1. The van der Waals surface area contributed by atoms with Crippen LogP contribution in [-0.4, -0.2) is 70.7 Å². The monoisotopic (exact) mass is 489 g/mol. The van der Waals surface area contributed by atoms with Crippen molar-refractivity contribution in [1.82, 2.24) is 4.90 Å². The molecule has 1 aliphatic carbocycles. The highest BCUT2D eigenvalue weighted by molar-refractivity contribution is 7.80. The lowest BCUT2D eigenvalue weighted by Crippen LogP contribution is -2.39. The van der Waals surface area contributed by atoms with Crippen molar-refractivity contribution in [2.45, 2.75) is 43.0 Å². The smallest absolute Gasteiger partial charge is 0.118 e. The third-order valence-corrected chi connectivity index (χ3v) is 6.20. The highest BCUT2D eigenvalue weighted by Gasteiger charge is 2.26. The number of rotatable bonds is 9. The van der Waals surface area contributed by atoms with Crippen LogP contribution in [0.3, 0.4) is 0 Å². The van der Waals surface area contributed by atoms with Crippen molar-refractivity contribution in [3.63, 3.8) is 0 Å². The van der Waals surface area contributed by atoms with Crippen LogP contribution in [0.5, 0.6) is 5.75 Å². The molecule has 6 nitrogen and oxygen atoms in total. The second-order valence-corrected chi connectivity index (χ2v) is 8.94. The molecule has 1 fully saturated rings. The van der Waals surface area contributed by atoms with Gasteiger partial charge in [-0.1, -0.05) is 30.7 Å². The molecule has 0 aromatic heterocycles. The number of fused-ring (bicyclic) bond motifs is 1. The van der Waals surface area contributed by atoms with Gasteiger partial charge in [0.15, 0.2) is 0 Å². The predicted octanol–water partition coefficient (Wildman–Crippen LogP) is 3.56. The molecule has 1 heterocycles. The Bertz CT molecular complexity index is 737. The van der Waals surface area contributed by atoms with Crippen LogP contribution in [0.1, 0.15) is 30.4 Å². The van der Waals surface area contributed by atoms with Crippen molar-refractivity contribution in [2.75, 3.05) is 59.7 Å². The van der Waals surface area contributed by atoms with Gasteiger partial charge in [-0.25, -0.2) is 0 Å². The number of hydrogen-bond acceptors (Lipinski definition) is 7. The molecule has 0 radical (unpaired) electrons. The zero-order chi connectivity index (χ0) is 24.4. The van der Waals surface area contributed by atoms with Gasteiger partial charge in [-0.3, -0.25) is 4.90 Å². The van der Waals surface area contributed by atoms with Crippen molar-refractivity contribution in [3.8, 4) is 5.75 Å². The third kappa shape index (κ3) is 11.2. The molecule has 190 valence electrons. The van der Waals surface area contributed by atoms with Crippen LogP contribution in [0, 0.1) is 0 Å². The summed E-state index contributed by atoms with van der Waals surface area (Å²) in [5.74, 6) is 0.868. The normalized spacial score (nSPS) is 15.5. The quantitative estimate of drug-likeness (QED) is 0.369. The Kier molecular flexibility index (Phi) is 15.0. The molecule has 0 saturated carbocycles. The number of nitrogens with zero attached hydrogens (tertiary/aromatic N) is 1. The fraction of sp³-hybridized carbons (Fsp3) is 0.556. The molecule has 34 heavy (non-hydrogen) atoms. The van der Waals surface area contributed by atoms with E-state index in [-0.39, 0.29) is 0 Å². The molecule has 4 rings (SSSR count). The topological polar surface area (TPSA) is 83.0 Å². The van der Waals surface area contributed by atoms with E-state index in [4.69, 9.17) is 25.7 Å². The van der Waals surface area contributed by atoms with E-state index in [0.717, 1.165) is 16.7 Å². The second kappa shape index (κ2) is 17.8. The van der Waals surface area contributed by atoms with E-state index in [9.17, 15) is 0 Å². The SMILES string of the molecule is COc1ccc(S)cc1.NCCOCCOCCN.c1ccc2c(c1)CC(N1CCCCC1)C2. The summed E-state index contributed by atoms with van der Waals surface area (Å²) in [5, 5.41) is 0. The van der Waals surface area contributed by atoms with Crippen molar-refractivity contribution in [3.05, 3.63) is 59.7 Å². The summed E-state index contributed by atoms with van der Waals surface area (Å²) in [6, 6.07) is 17.3. The summed E-state index contributed by atoms with van der Waals surface area (Å²) >= 11 is 4.11. The van der Waals surface area contributed by atoms with E-state index in [0.29, 0.717) is 39.5 Å². The number of benzene rings is 2. The summed E-state index contributed by atoms with van der Waals surface area (Å²) < 4.78 is 15.0. The van der Waals surface area contributed by atoms with Gasteiger partial charge in [0.05, 0.1) is 33.5 Å². The first kappa shape index (κ1) is 28.6. The average molecular weight is 490 g/mol. The van der Waals surface area contributed by atoms with Gasteiger partial charge in [-0.15, -0.1) is 12.6 Å². The number of nitrogens with two attached hydrogens (primary N) is 2. The second-order valence-electron chi connectivity index (χ2n) is 8.43. The largest absolute Gasteiger partial charge is 0.497 e. The number of hydrogen-bond donors (Lipinski definition) is 3. The molecule has 2 aliphatic rings. The number of methoxy groups -OCH3 is 1. The third-order valence-electron chi connectivity index (χ3n) is 5.91. The van der Waals surface area contributed by atoms with E-state index in [2.05, 4.69) is 41.8 Å². The van der Waals surface area contributed by atoms with E-state index in [1.165, 1.54) is 45.2 Å². The summed E-state index contributed by atoms with van der Waals surface area (Å²) in [6.45, 7) is 6.22. The molecule has 1 saturated heterocycles.